The number of Topliss-reactive ketones (excluding diaryl/α,β-unsaturated/α-hetero) is 1. The van der Waals surface area contributed by atoms with Gasteiger partial charge in [0, 0.05) is 24.7 Å². The van der Waals surface area contributed by atoms with E-state index in [0.717, 1.165) is 5.30 Å². The smallest absolute Gasteiger partial charge is 0.189 e. The van der Waals surface area contributed by atoms with Gasteiger partial charge >= 0.3 is 0 Å². The second kappa shape index (κ2) is 9.00. The van der Waals surface area contributed by atoms with Crippen LogP contribution in [0.15, 0.2) is 29.0 Å². The van der Waals surface area contributed by atoms with E-state index < -0.39 is 14.2 Å². The van der Waals surface area contributed by atoms with Gasteiger partial charge in [-0.2, -0.15) is 0 Å². The van der Waals surface area contributed by atoms with Crippen molar-refractivity contribution >= 4 is 42.6 Å². The highest BCUT2D eigenvalue weighted by molar-refractivity contribution is 7.64. The van der Waals surface area contributed by atoms with E-state index in [9.17, 15) is 4.79 Å². The lowest BCUT2D eigenvalue weighted by Crippen LogP contribution is -2.34. The number of hydrogen-bond acceptors (Lipinski definition) is 4. The molecule has 0 aromatic heterocycles. The average Bonchev–Trinajstić information content (AvgIpc) is 2.54. The number of nitrogens with one attached hydrogen (secondary N) is 2. The summed E-state index contributed by atoms with van der Waals surface area (Å²) < 4.78 is 10.6. The standard InChI is InChI=1S/C16H22ClN4O2P/c1-2-13-12(22)8-10-24(14-6-4-3-5-11(14)17)21-15(23-13)7-9-20-16(18)19/h3-6,13H,2,7-10H2,1H3,(H4,18,19,20)/b21-15-. The Morgan fingerprint density at radius 2 is 2.29 bits per heavy atom. The first-order valence-electron chi connectivity index (χ1n) is 7.88. The molecule has 1 aliphatic heterocycles. The van der Waals surface area contributed by atoms with Gasteiger partial charge < -0.3 is 15.8 Å². The first-order chi connectivity index (χ1) is 11.5. The van der Waals surface area contributed by atoms with Crippen molar-refractivity contribution in [1.29, 1.82) is 5.41 Å². The molecule has 24 heavy (non-hydrogen) atoms. The molecule has 0 saturated heterocycles. The lowest BCUT2D eigenvalue weighted by atomic mass is 10.1. The van der Waals surface area contributed by atoms with Gasteiger partial charge in [0.25, 0.3) is 0 Å². The third-order valence-corrected chi connectivity index (χ3v) is 6.11. The van der Waals surface area contributed by atoms with Crippen molar-refractivity contribution < 1.29 is 9.53 Å². The van der Waals surface area contributed by atoms with Gasteiger partial charge in [-0.15, -0.1) is 0 Å². The van der Waals surface area contributed by atoms with Crippen LogP contribution in [0.4, 0.5) is 0 Å². The van der Waals surface area contributed by atoms with Crippen molar-refractivity contribution in [2.45, 2.75) is 32.3 Å². The fourth-order valence-electron chi connectivity index (χ4n) is 2.37. The monoisotopic (exact) mass is 368 g/mol. The zero-order chi connectivity index (χ0) is 17.5. The van der Waals surface area contributed by atoms with Crippen LogP contribution < -0.4 is 16.4 Å². The van der Waals surface area contributed by atoms with Gasteiger partial charge in [-0.1, -0.05) is 36.7 Å². The van der Waals surface area contributed by atoms with E-state index >= 15 is 0 Å². The van der Waals surface area contributed by atoms with Crippen LogP contribution in [0.2, 0.25) is 5.02 Å². The number of carbonyl (C=O) groups is 1. The fraction of sp³-hybridized carbons (Fsp3) is 0.438. The first kappa shape index (κ1) is 18.7. The molecular weight excluding hydrogens is 347 g/mol. The molecule has 1 heterocycles. The predicted molar refractivity (Wildman–Crippen MR) is 99.6 cm³/mol. The van der Waals surface area contributed by atoms with Gasteiger partial charge in [-0.25, -0.2) is 4.76 Å². The molecule has 1 aliphatic rings. The van der Waals surface area contributed by atoms with Crippen molar-refractivity contribution in [2.75, 3.05) is 12.7 Å². The molecule has 0 spiro atoms. The van der Waals surface area contributed by atoms with Crippen LogP contribution >= 0.6 is 19.7 Å². The molecule has 130 valence electrons. The minimum Gasteiger partial charge on any atom is -0.470 e. The Kier molecular flexibility index (Phi) is 7.00. The summed E-state index contributed by atoms with van der Waals surface area (Å²) in [7, 11) is -0.956. The average molecular weight is 369 g/mol. The minimum absolute atomic E-state index is 0.0991. The van der Waals surface area contributed by atoms with Crippen LogP contribution in [0, 0.1) is 5.41 Å². The Bertz CT molecular complexity index is 638. The summed E-state index contributed by atoms with van der Waals surface area (Å²) in [6.07, 6.45) is 1.73. The highest BCUT2D eigenvalue weighted by Crippen LogP contribution is 2.41. The predicted octanol–water partition coefficient (Wildman–Crippen LogP) is 2.40. The van der Waals surface area contributed by atoms with E-state index in [2.05, 4.69) is 5.32 Å². The Labute approximate surface area is 148 Å². The molecule has 0 radical (unpaired) electrons. The van der Waals surface area contributed by atoms with Gasteiger partial charge in [-0.05, 0) is 18.6 Å². The molecule has 0 saturated carbocycles. The molecule has 0 aliphatic carbocycles. The highest BCUT2D eigenvalue weighted by Gasteiger charge is 2.26. The maximum Gasteiger partial charge on any atom is 0.189 e. The van der Waals surface area contributed by atoms with Crippen LogP contribution in [-0.4, -0.2) is 36.5 Å². The number of ketones is 1. The summed E-state index contributed by atoms with van der Waals surface area (Å²) in [6.45, 7) is 2.36. The Hall–Kier alpha value is -1.65. The molecule has 0 bridgehead atoms. The number of carbonyl (C=O) groups excluding carboxylic acids is 1. The molecule has 2 unspecified atom stereocenters. The molecule has 4 N–H and O–H groups in total. The summed E-state index contributed by atoms with van der Waals surface area (Å²) in [4.78, 5) is 12.3. The van der Waals surface area contributed by atoms with Crippen molar-refractivity contribution in [1.82, 2.24) is 5.32 Å². The second-order valence-corrected chi connectivity index (χ2v) is 7.73. The third kappa shape index (κ3) is 5.18. The Balaban J connectivity index is 2.25. The van der Waals surface area contributed by atoms with Gasteiger partial charge in [0.05, 0.1) is 13.1 Å². The van der Waals surface area contributed by atoms with Crippen molar-refractivity contribution in [3.8, 4) is 0 Å². The quantitative estimate of drug-likeness (QED) is 0.422. The van der Waals surface area contributed by atoms with E-state index in [1.807, 2.05) is 31.2 Å². The molecule has 2 atom stereocenters. The lowest BCUT2D eigenvalue weighted by molar-refractivity contribution is -0.126. The summed E-state index contributed by atoms with van der Waals surface area (Å²) in [5, 5.41) is 11.6. The summed E-state index contributed by atoms with van der Waals surface area (Å²) in [6, 6.07) is 7.59. The van der Waals surface area contributed by atoms with E-state index in [1.54, 1.807) is 0 Å². The molecule has 1 aromatic carbocycles. The van der Waals surface area contributed by atoms with E-state index in [-0.39, 0.29) is 11.7 Å². The molecule has 0 fully saturated rings. The van der Waals surface area contributed by atoms with E-state index in [0.29, 0.717) is 42.9 Å². The number of ether oxygens (including phenoxy) is 1. The zero-order valence-electron chi connectivity index (χ0n) is 13.6. The molecular formula is C16H22ClN4O2P. The number of nitrogens with zero attached hydrogens (tertiary/aromatic N) is 1. The number of rotatable bonds is 5. The molecule has 1 aromatic rings. The van der Waals surface area contributed by atoms with Gasteiger partial charge in [0.2, 0.25) is 0 Å². The first-order valence-corrected chi connectivity index (χ1v) is 9.73. The lowest BCUT2D eigenvalue weighted by Gasteiger charge is -2.24. The third-order valence-electron chi connectivity index (χ3n) is 3.60. The number of nitrogens with two attached hydrogens (primary N) is 1. The summed E-state index contributed by atoms with van der Waals surface area (Å²) in [5.74, 6) is 0.525. The number of guanidine groups is 1. The maximum absolute atomic E-state index is 12.3. The van der Waals surface area contributed by atoms with Crippen LogP contribution in [0.25, 0.3) is 0 Å². The Morgan fingerprint density at radius 1 is 1.54 bits per heavy atom. The largest absolute Gasteiger partial charge is 0.470 e. The normalized spacial score (nSPS) is 23.4. The van der Waals surface area contributed by atoms with Crippen LogP contribution in [-0.2, 0) is 9.53 Å². The van der Waals surface area contributed by atoms with Crippen molar-refractivity contribution in [3.05, 3.63) is 29.3 Å². The van der Waals surface area contributed by atoms with Gasteiger partial charge in [-0.3, -0.25) is 10.2 Å². The van der Waals surface area contributed by atoms with Crippen LogP contribution in [0.3, 0.4) is 0 Å². The molecule has 6 nitrogen and oxygen atoms in total. The van der Waals surface area contributed by atoms with Crippen molar-refractivity contribution in [2.24, 2.45) is 10.5 Å². The van der Waals surface area contributed by atoms with Crippen LogP contribution in [0.5, 0.6) is 0 Å². The maximum atomic E-state index is 12.3. The number of halogens is 1. The molecule has 8 heteroatoms. The Morgan fingerprint density at radius 3 is 2.96 bits per heavy atom. The van der Waals surface area contributed by atoms with Crippen LogP contribution in [0.1, 0.15) is 26.2 Å². The highest BCUT2D eigenvalue weighted by atomic mass is 35.5. The molecule has 2 rings (SSSR count). The number of benzene rings is 1. The topological polar surface area (TPSA) is 101 Å². The summed E-state index contributed by atoms with van der Waals surface area (Å²) in [5.41, 5.74) is 5.30. The van der Waals surface area contributed by atoms with Gasteiger partial charge in [0.1, 0.15) is 0 Å². The molecule has 0 amide bonds. The van der Waals surface area contributed by atoms with E-state index in [1.165, 1.54) is 0 Å². The second-order valence-electron chi connectivity index (χ2n) is 5.39. The van der Waals surface area contributed by atoms with Gasteiger partial charge in [0.15, 0.2) is 23.7 Å². The summed E-state index contributed by atoms with van der Waals surface area (Å²) >= 11 is 6.30. The SMILES string of the molecule is CCC1O/C(CCNC(=N)N)=N\P(c2ccccc2Cl)CCC1=O. The zero-order valence-corrected chi connectivity index (χ0v) is 15.2. The minimum atomic E-state index is -0.956. The number of hydrogen-bond donors (Lipinski definition) is 3. The van der Waals surface area contributed by atoms with E-state index in [4.69, 9.17) is 32.2 Å². The van der Waals surface area contributed by atoms with Crippen molar-refractivity contribution in [3.63, 3.8) is 0 Å². The fourth-order valence-corrected chi connectivity index (χ4v) is 4.68.